The molecule has 28 heavy (non-hydrogen) atoms. The van der Waals surface area contributed by atoms with E-state index in [9.17, 15) is 4.79 Å². The lowest BCUT2D eigenvalue weighted by molar-refractivity contribution is -0.306. The summed E-state index contributed by atoms with van der Waals surface area (Å²) in [6.07, 6.45) is 2.46. The van der Waals surface area contributed by atoms with Crippen LogP contribution in [0, 0.1) is 11.8 Å². The molecule has 0 amide bonds. The van der Waals surface area contributed by atoms with Crippen molar-refractivity contribution in [3.8, 4) is 11.8 Å². The van der Waals surface area contributed by atoms with Gasteiger partial charge < -0.3 is 15.9 Å². The van der Waals surface area contributed by atoms with Crippen molar-refractivity contribution >= 4 is 5.97 Å². The van der Waals surface area contributed by atoms with Gasteiger partial charge in [-0.1, -0.05) is 52.2 Å². The summed E-state index contributed by atoms with van der Waals surface area (Å²) in [5.41, 5.74) is 7.28. The van der Waals surface area contributed by atoms with Gasteiger partial charge in [-0.15, -0.1) is 0 Å². The molecule has 0 radical (unpaired) electrons. The summed E-state index contributed by atoms with van der Waals surface area (Å²) in [6, 6.07) is 7.17. The first kappa shape index (κ1) is 33.7. The lowest BCUT2D eigenvalue weighted by Crippen LogP contribution is -2.33. The predicted molar refractivity (Wildman–Crippen MR) is 117 cm³/mol. The molecule has 1 aromatic rings. The maximum atomic E-state index is 11.2. The third-order valence-corrected chi connectivity index (χ3v) is 2.80. The maximum absolute atomic E-state index is 11.2. The number of benzene rings is 1. The Morgan fingerprint density at radius 2 is 1.68 bits per heavy atom. The third kappa shape index (κ3) is 18.9. The SMILES string of the molecule is C.CC.CC(C)(C)OO.CCCC#Cc1ccc(CC(N)C(=O)OC)cc1.O. The average molecular weight is 400 g/mol. The molecule has 6 heteroatoms. The van der Waals surface area contributed by atoms with Crippen LogP contribution < -0.4 is 5.73 Å². The van der Waals surface area contributed by atoms with Crippen molar-refractivity contribution < 1.29 is 25.2 Å². The maximum Gasteiger partial charge on any atom is 0.322 e. The molecule has 0 bridgehead atoms. The Morgan fingerprint density at radius 1 is 1.21 bits per heavy atom. The van der Waals surface area contributed by atoms with E-state index in [4.69, 9.17) is 11.0 Å². The van der Waals surface area contributed by atoms with Gasteiger partial charge in [0.15, 0.2) is 0 Å². The number of methoxy groups -OCH3 is 1. The van der Waals surface area contributed by atoms with Crippen molar-refractivity contribution in [3.05, 3.63) is 35.4 Å². The van der Waals surface area contributed by atoms with Crippen LogP contribution >= 0.6 is 0 Å². The van der Waals surface area contributed by atoms with Crippen LogP contribution in [0.15, 0.2) is 24.3 Å². The number of nitrogens with two attached hydrogens (primary N) is 1. The van der Waals surface area contributed by atoms with E-state index in [0.29, 0.717) is 6.42 Å². The van der Waals surface area contributed by atoms with Crippen LogP contribution in [-0.2, 0) is 20.8 Å². The number of hydrogen-bond acceptors (Lipinski definition) is 5. The molecular formula is C22H41NO5. The third-order valence-electron chi connectivity index (χ3n) is 2.80. The van der Waals surface area contributed by atoms with E-state index < -0.39 is 11.6 Å². The van der Waals surface area contributed by atoms with E-state index in [1.807, 2.05) is 38.1 Å². The van der Waals surface area contributed by atoms with E-state index in [-0.39, 0.29) is 18.9 Å². The summed E-state index contributed by atoms with van der Waals surface area (Å²) in [6.45, 7) is 11.4. The Hall–Kier alpha value is -1.91. The highest BCUT2D eigenvalue weighted by molar-refractivity contribution is 5.75. The van der Waals surface area contributed by atoms with Gasteiger partial charge in [-0.05, 0) is 51.3 Å². The second-order valence-corrected chi connectivity index (χ2v) is 6.29. The molecule has 6 nitrogen and oxygen atoms in total. The standard InChI is InChI=1S/C15H19NO2.C4H10O2.C2H6.CH4.H2O/c1-3-4-5-6-12-7-9-13(10-8-12)11-14(16)15(17)18-2;1-4(2,3)6-5;1-2;;/h7-10,14H,3-4,11,16H2,1-2H3;5H,1-3H3;1-2H3;1H4;1H2. The minimum atomic E-state index is -0.605. The van der Waals surface area contributed by atoms with Gasteiger partial charge in [0, 0.05) is 12.0 Å². The Labute approximate surface area is 171 Å². The van der Waals surface area contributed by atoms with Gasteiger partial charge in [0.1, 0.15) is 6.04 Å². The topological polar surface area (TPSA) is 113 Å². The van der Waals surface area contributed by atoms with Gasteiger partial charge >= 0.3 is 5.97 Å². The van der Waals surface area contributed by atoms with E-state index >= 15 is 0 Å². The fraction of sp³-hybridized carbons (Fsp3) is 0.591. The molecule has 164 valence electrons. The number of carbonyl (C=O) groups is 1. The number of hydrogen-bond donors (Lipinski definition) is 2. The molecule has 1 aromatic carbocycles. The van der Waals surface area contributed by atoms with Crippen LogP contribution in [0.2, 0.25) is 0 Å². The van der Waals surface area contributed by atoms with Crippen LogP contribution in [0.3, 0.4) is 0 Å². The Kier molecular flexibility index (Phi) is 23.8. The summed E-state index contributed by atoms with van der Waals surface area (Å²) < 4.78 is 4.59. The summed E-state index contributed by atoms with van der Waals surface area (Å²) >= 11 is 0. The Balaban J connectivity index is -0.000000248. The number of rotatable bonds is 4. The molecule has 1 atom stereocenters. The van der Waals surface area contributed by atoms with Gasteiger partial charge in [0.25, 0.3) is 0 Å². The van der Waals surface area contributed by atoms with Crippen molar-refractivity contribution in [2.75, 3.05) is 7.11 Å². The molecule has 5 N–H and O–H groups in total. The highest BCUT2D eigenvalue weighted by Crippen LogP contribution is 2.06. The molecule has 0 fully saturated rings. The zero-order valence-electron chi connectivity index (χ0n) is 17.8. The first-order chi connectivity index (χ1) is 12.2. The molecular weight excluding hydrogens is 358 g/mol. The van der Waals surface area contributed by atoms with Crippen molar-refractivity contribution in [2.45, 2.75) is 79.9 Å². The van der Waals surface area contributed by atoms with Crippen LogP contribution in [0.1, 0.15) is 72.9 Å². The van der Waals surface area contributed by atoms with Crippen LogP contribution in [0.5, 0.6) is 0 Å². The van der Waals surface area contributed by atoms with Gasteiger partial charge in [-0.3, -0.25) is 10.1 Å². The molecule has 0 aromatic heterocycles. The largest absolute Gasteiger partial charge is 0.468 e. The lowest BCUT2D eigenvalue weighted by Gasteiger charge is -2.10. The van der Waals surface area contributed by atoms with Gasteiger partial charge in [0.2, 0.25) is 0 Å². The molecule has 0 saturated carbocycles. The summed E-state index contributed by atoms with van der Waals surface area (Å²) in [7, 11) is 1.34. The molecule has 1 rings (SSSR count). The molecule has 0 heterocycles. The van der Waals surface area contributed by atoms with E-state index in [2.05, 4.69) is 28.4 Å². The zero-order valence-corrected chi connectivity index (χ0v) is 17.8. The van der Waals surface area contributed by atoms with Crippen molar-refractivity contribution in [1.29, 1.82) is 0 Å². The van der Waals surface area contributed by atoms with Crippen LogP contribution in [-0.4, -0.2) is 35.5 Å². The monoisotopic (exact) mass is 399 g/mol. The number of carbonyl (C=O) groups excluding carboxylic acids is 1. The fourth-order valence-electron chi connectivity index (χ4n) is 1.50. The number of esters is 1. The van der Waals surface area contributed by atoms with Crippen LogP contribution in [0.4, 0.5) is 0 Å². The first-order valence-electron chi connectivity index (χ1n) is 8.97. The predicted octanol–water partition coefficient (Wildman–Crippen LogP) is 3.99. The summed E-state index contributed by atoms with van der Waals surface area (Å²) in [5, 5.41) is 7.90. The second kappa shape index (κ2) is 19.8. The van der Waals surface area contributed by atoms with E-state index in [1.54, 1.807) is 20.8 Å². The average Bonchev–Trinajstić information content (AvgIpc) is 2.64. The highest BCUT2D eigenvalue weighted by atomic mass is 17.1. The highest BCUT2D eigenvalue weighted by Gasteiger charge is 2.13. The fourth-order valence-corrected chi connectivity index (χ4v) is 1.50. The Morgan fingerprint density at radius 3 is 2.04 bits per heavy atom. The Bertz CT molecular complexity index is 539. The summed E-state index contributed by atoms with van der Waals surface area (Å²) in [5.74, 6) is 5.79. The molecule has 0 aliphatic rings. The minimum Gasteiger partial charge on any atom is -0.468 e. The zero-order chi connectivity index (χ0) is 20.6. The normalized spacial score (nSPS) is 10.0. The summed E-state index contributed by atoms with van der Waals surface area (Å²) in [4.78, 5) is 15.1. The van der Waals surface area contributed by atoms with Crippen LogP contribution in [0.25, 0.3) is 0 Å². The molecule has 1 unspecified atom stereocenters. The smallest absolute Gasteiger partial charge is 0.322 e. The number of ether oxygens (including phenoxy) is 1. The van der Waals surface area contributed by atoms with Gasteiger partial charge in [0.05, 0.1) is 12.7 Å². The van der Waals surface area contributed by atoms with Crippen molar-refractivity contribution in [1.82, 2.24) is 0 Å². The van der Waals surface area contributed by atoms with Crippen molar-refractivity contribution in [3.63, 3.8) is 0 Å². The number of unbranched alkanes of at least 4 members (excludes halogenated alkanes) is 1. The van der Waals surface area contributed by atoms with E-state index in [0.717, 1.165) is 24.0 Å². The first-order valence-corrected chi connectivity index (χ1v) is 8.97. The van der Waals surface area contributed by atoms with Crippen molar-refractivity contribution in [2.24, 2.45) is 5.73 Å². The van der Waals surface area contributed by atoms with Gasteiger partial charge in [-0.2, -0.15) is 0 Å². The molecule has 0 saturated heterocycles. The molecule has 0 aliphatic heterocycles. The minimum absolute atomic E-state index is 0. The quantitative estimate of drug-likeness (QED) is 0.344. The van der Waals surface area contributed by atoms with E-state index in [1.165, 1.54) is 7.11 Å². The molecule has 0 spiro atoms. The van der Waals surface area contributed by atoms with Gasteiger partial charge in [-0.25, -0.2) is 4.89 Å². The second-order valence-electron chi connectivity index (χ2n) is 6.29. The molecule has 0 aliphatic carbocycles. The lowest BCUT2D eigenvalue weighted by atomic mass is 10.0.